The molecule has 0 aliphatic rings. The summed E-state index contributed by atoms with van der Waals surface area (Å²) in [4.78, 5) is 24.4. The van der Waals surface area contributed by atoms with E-state index in [1.165, 1.54) is 6.92 Å². The molecule has 0 radical (unpaired) electrons. The number of hydrogen-bond acceptors (Lipinski definition) is 2. The highest BCUT2D eigenvalue weighted by Crippen LogP contribution is 2.22. The average molecular weight is 368 g/mol. The van der Waals surface area contributed by atoms with E-state index in [1.807, 2.05) is 48.7 Å². The van der Waals surface area contributed by atoms with Crippen LogP contribution in [0.1, 0.15) is 39.0 Å². The van der Waals surface area contributed by atoms with Crippen molar-refractivity contribution in [1.29, 1.82) is 0 Å². The second kappa shape index (κ2) is 7.26. The summed E-state index contributed by atoms with van der Waals surface area (Å²) >= 11 is 5.97. The van der Waals surface area contributed by atoms with Crippen LogP contribution in [0, 0.1) is 13.8 Å². The number of aromatic nitrogens is 2. The average Bonchev–Trinajstić information content (AvgIpc) is 2.91. The Labute approximate surface area is 157 Å². The highest BCUT2D eigenvalue weighted by atomic mass is 35.5. The lowest BCUT2D eigenvalue weighted by atomic mass is 10.1. The summed E-state index contributed by atoms with van der Waals surface area (Å²) in [5.41, 5.74) is 4.11. The molecule has 0 bridgehead atoms. The Morgan fingerprint density at radius 2 is 1.81 bits per heavy atom. The quantitative estimate of drug-likeness (QED) is 0.503. The zero-order valence-corrected chi connectivity index (χ0v) is 15.7. The van der Waals surface area contributed by atoms with Gasteiger partial charge >= 0.3 is 0 Å². The lowest BCUT2D eigenvalue weighted by Gasteiger charge is -2.09. The Balaban J connectivity index is 1.91. The fraction of sp³-hybridized carbons (Fsp3) is 0.190. The van der Waals surface area contributed by atoms with E-state index in [9.17, 15) is 9.59 Å². The minimum absolute atomic E-state index is 0.00372. The van der Waals surface area contributed by atoms with Crippen molar-refractivity contribution in [3.63, 3.8) is 0 Å². The maximum atomic E-state index is 12.8. The van der Waals surface area contributed by atoms with Crippen LogP contribution in [0.15, 0.2) is 54.9 Å². The van der Waals surface area contributed by atoms with E-state index in [-0.39, 0.29) is 18.1 Å². The largest absolute Gasteiger partial charge is 0.318 e. The zero-order chi connectivity index (χ0) is 18.8. The number of rotatable bonds is 5. The van der Waals surface area contributed by atoms with Crippen molar-refractivity contribution in [2.24, 2.45) is 0 Å². The molecule has 4 nitrogen and oxygen atoms in total. The molecule has 0 saturated heterocycles. The van der Waals surface area contributed by atoms with E-state index < -0.39 is 0 Å². The normalized spacial score (nSPS) is 10.8. The number of halogens is 1. The van der Waals surface area contributed by atoms with E-state index >= 15 is 0 Å². The van der Waals surface area contributed by atoms with Gasteiger partial charge in [0.25, 0.3) is 0 Å². The van der Waals surface area contributed by atoms with Crippen LogP contribution < -0.4 is 4.57 Å². The molecule has 132 valence electrons. The molecular weight excluding hydrogens is 348 g/mol. The van der Waals surface area contributed by atoms with Crippen molar-refractivity contribution < 1.29 is 14.2 Å². The zero-order valence-electron chi connectivity index (χ0n) is 15.0. The van der Waals surface area contributed by atoms with Gasteiger partial charge in [-0.05, 0) is 57.2 Å². The van der Waals surface area contributed by atoms with E-state index in [0.29, 0.717) is 16.1 Å². The predicted octanol–water partition coefficient (Wildman–Crippen LogP) is 4.12. The van der Waals surface area contributed by atoms with Gasteiger partial charge in [-0.3, -0.25) is 9.59 Å². The van der Waals surface area contributed by atoms with Crippen molar-refractivity contribution in [1.82, 2.24) is 4.57 Å². The van der Waals surface area contributed by atoms with Gasteiger partial charge in [-0.25, -0.2) is 0 Å². The third-order valence-electron chi connectivity index (χ3n) is 4.41. The van der Waals surface area contributed by atoms with Gasteiger partial charge in [0.1, 0.15) is 0 Å². The summed E-state index contributed by atoms with van der Waals surface area (Å²) in [5, 5.41) is 0.675. The topological polar surface area (TPSA) is 42.9 Å². The van der Waals surface area contributed by atoms with E-state index in [1.54, 1.807) is 29.1 Å². The Hall–Kier alpha value is -2.72. The first-order valence-corrected chi connectivity index (χ1v) is 8.72. The molecule has 0 unspecified atom stereocenters. The number of ketones is 2. The highest BCUT2D eigenvalue weighted by molar-refractivity contribution is 6.30. The molecule has 2 aromatic heterocycles. The monoisotopic (exact) mass is 367 g/mol. The molecule has 0 N–H and O–H groups in total. The van der Waals surface area contributed by atoms with Gasteiger partial charge in [0.2, 0.25) is 12.3 Å². The minimum Gasteiger partial charge on any atom is -0.318 e. The van der Waals surface area contributed by atoms with E-state index in [0.717, 1.165) is 17.1 Å². The summed E-state index contributed by atoms with van der Waals surface area (Å²) < 4.78 is 3.79. The second-order valence-corrected chi connectivity index (χ2v) is 6.78. The lowest BCUT2D eigenvalue weighted by Crippen LogP contribution is -2.38. The Morgan fingerprint density at radius 3 is 2.46 bits per heavy atom. The van der Waals surface area contributed by atoms with Crippen molar-refractivity contribution in [3.05, 3.63) is 82.4 Å². The van der Waals surface area contributed by atoms with Crippen LogP contribution in [0.5, 0.6) is 0 Å². The molecule has 0 saturated carbocycles. The fourth-order valence-corrected chi connectivity index (χ4v) is 3.24. The van der Waals surface area contributed by atoms with Crippen molar-refractivity contribution >= 4 is 23.2 Å². The molecule has 3 aromatic rings. The number of nitrogens with zero attached hydrogens (tertiary/aromatic N) is 2. The van der Waals surface area contributed by atoms with Crippen LogP contribution in [-0.4, -0.2) is 16.1 Å². The van der Waals surface area contributed by atoms with E-state index in [2.05, 4.69) is 0 Å². The molecule has 0 fully saturated rings. The van der Waals surface area contributed by atoms with Gasteiger partial charge in [0, 0.05) is 33.7 Å². The van der Waals surface area contributed by atoms with Gasteiger partial charge in [-0.2, -0.15) is 4.57 Å². The van der Waals surface area contributed by atoms with Crippen molar-refractivity contribution in [3.8, 4) is 5.69 Å². The molecule has 0 aliphatic heterocycles. The maximum Gasteiger partial charge on any atom is 0.229 e. The number of hydrogen-bond donors (Lipinski definition) is 0. The fourth-order valence-electron chi connectivity index (χ4n) is 3.11. The van der Waals surface area contributed by atoms with Gasteiger partial charge < -0.3 is 4.57 Å². The molecule has 0 spiro atoms. The van der Waals surface area contributed by atoms with Crippen LogP contribution in [-0.2, 0) is 6.54 Å². The first-order chi connectivity index (χ1) is 12.4. The van der Waals surface area contributed by atoms with Crippen molar-refractivity contribution in [2.75, 3.05) is 0 Å². The summed E-state index contributed by atoms with van der Waals surface area (Å²) in [6.07, 6.45) is 3.50. The summed E-state index contributed by atoms with van der Waals surface area (Å²) in [5.74, 6) is -0.0169. The van der Waals surface area contributed by atoms with Gasteiger partial charge in [0.05, 0.1) is 5.56 Å². The van der Waals surface area contributed by atoms with Gasteiger partial charge in [-0.1, -0.05) is 11.6 Å². The summed E-state index contributed by atoms with van der Waals surface area (Å²) in [6.45, 7) is 5.61. The molecule has 2 heterocycles. The predicted molar refractivity (Wildman–Crippen MR) is 101 cm³/mol. The molecule has 0 amide bonds. The third-order valence-corrected chi connectivity index (χ3v) is 4.66. The van der Waals surface area contributed by atoms with Crippen LogP contribution in [0.2, 0.25) is 5.02 Å². The molecule has 5 heteroatoms. The molecule has 0 aliphatic carbocycles. The summed E-state index contributed by atoms with van der Waals surface area (Å²) in [6, 6.07) is 13.0. The minimum atomic E-state index is -0.0206. The summed E-state index contributed by atoms with van der Waals surface area (Å²) in [7, 11) is 0. The number of aryl methyl sites for hydroxylation is 1. The highest BCUT2D eigenvalue weighted by Gasteiger charge is 2.20. The van der Waals surface area contributed by atoms with Gasteiger partial charge in [-0.15, -0.1) is 0 Å². The third kappa shape index (κ3) is 3.60. The second-order valence-electron chi connectivity index (χ2n) is 6.34. The number of benzene rings is 1. The first-order valence-electron chi connectivity index (χ1n) is 8.35. The molecule has 1 aromatic carbocycles. The number of pyridine rings is 1. The molecular formula is C21H20ClN2O2+. The Kier molecular flexibility index (Phi) is 5.05. The van der Waals surface area contributed by atoms with Crippen LogP contribution in [0.3, 0.4) is 0 Å². The number of carbonyl (C=O) groups is 2. The van der Waals surface area contributed by atoms with Crippen molar-refractivity contribution in [2.45, 2.75) is 27.3 Å². The van der Waals surface area contributed by atoms with E-state index in [4.69, 9.17) is 11.6 Å². The molecule has 26 heavy (non-hydrogen) atoms. The number of Topliss-reactive ketones (excluding diaryl/α,β-unsaturated/α-hetero) is 2. The Bertz CT molecular complexity index is 988. The lowest BCUT2D eigenvalue weighted by molar-refractivity contribution is -0.683. The number of carbonyl (C=O) groups excluding carboxylic acids is 2. The molecule has 0 atom stereocenters. The first kappa shape index (κ1) is 18.1. The van der Waals surface area contributed by atoms with Gasteiger partial charge in [0.15, 0.2) is 18.2 Å². The van der Waals surface area contributed by atoms with Crippen LogP contribution >= 0.6 is 11.6 Å². The maximum absolute atomic E-state index is 12.8. The van der Waals surface area contributed by atoms with Crippen LogP contribution in [0.25, 0.3) is 5.69 Å². The molecule has 3 rings (SSSR count). The van der Waals surface area contributed by atoms with Crippen LogP contribution in [0.4, 0.5) is 0 Å². The SMILES string of the molecule is CC(=O)c1ccc[n+](CC(=O)c2cc(C)n(-c3ccc(Cl)cc3)c2C)c1. The Morgan fingerprint density at radius 1 is 1.12 bits per heavy atom. The standard InChI is InChI=1S/C21H20ClN2O2/c1-14-11-20(15(2)24(14)19-8-6-18(22)7-9-19)21(26)13-23-10-4-5-17(12-23)16(3)25/h4-12H,13H2,1-3H3/q+1. The smallest absolute Gasteiger partial charge is 0.229 e.